The summed E-state index contributed by atoms with van der Waals surface area (Å²) in [6.45, 7) is 4.12. The minimum atomic E-state index is -2.98. The zero-order chi connectivity index (χ0) is 14.3. The molecule has 0 heterocycles. The van der Waals surface area contributed by atoms with Gasteiger partial charge in [-0.2, -0.15) is 0 Å². The van der Waals surface area contributed by atoms with Gasteiger partial charge in [0.1, 0.15) is 0 Å². The van der Waals surface area contributed by atoms with E-state index in [4.69, 9.17) is 0 Å². The molecule has 0 aromatic heterocycles. The second kappa shape index (κ2) is 7.65. The summed E-state index contributed by atoms with van der Waals surface area (Å²) in [4.78, 5) is 0. The Bertz CT molecular complexity index is 465. The average molecular weight is 283 g/mol. The highest BCUT2D eigenvalue weighted by Crippen LogP contribution is 2.17. The second-order valence-electron chi connectivity index (χ2n) is 4.90. The van der Waals surface area contributed by atoms with Crippen LogP contribution in [0.2, 0.25) is 0 Å². The van der Waals surface area contributed by atoms with E-state index in [2.05, 4.69) is 24.4 Å². The Morgan fingerprint density at radius 3 is 2.26 bits per heavy atom. The van der Waals surface area contributed by atoms with Crippen LogP contribution in [-0.4, -0.2) is 27.0 Å². The van der Waals surface area contributed by atoms with Crippen LogP contribution in [0.25, 0.3) is 0 Å². The molecule has 108 valence electrons. The number of sulfone groups is 1. The lowest BCUT2D eigenvalue weighted by molar-refractivity contribution is 0.571. The van der Waals surface area contributed by atoms with E-state index in [9.17, 15) is 8.42 Å². The molecule has 4 heteroatoms. The molecule has 1 aromatic carbocycles. The largest absolute Gasteiger partial charge is 0.312 e. The molecular formula is C15H25NO2S. The van der Waals surface area contributed by atoms with Gasteiger partial charge in [-0.1, -0.05) is 44.5 Å². The molecule has 1 N–H and O–H groups in total. The van der Waals surface area contributed by atoms with Crippen LogP contribution in [-0.2, 0) is 16.3 Å². The van der Waals surface area contributed by atoms with Gasteiger partial charge in [0.25, 0.3) is 0 Å². The van der Waals surface area contributed by atoms with Crippen LogP contribution >= 0.6 is 0 Å². The van der Waals surface area contributed by atoms with Crippen molar-refractivity contribution in [3.05, 3.63) is 35.4 Å². The number of rotatable bonds is 8. The van der Waals surface area contributed by atoms with E-state index in [1.807, 2.05) is 26.1 Å². The van der Waals surface area contributed by atoms with Gasteiger partial charge in [-0.15, -0.1) is 0 Å². The van der Waals surface area contributed by atoms with Gasteiger partial charge in [-0.05, 0) is 31.0 Å². The highest BCUT2D eigenvalue weighted by atomic mass is 32.2. The summed E-state index contributed by atoms with van der Waals surface area (Å²) in [7, 11) is -1.17. The van der Waals surface area contributed by atoms with Crippen LogP contribution in [0.15, 0.2) is 24.3 Å². The third-order valence-electron chi connectivity index (χ3n) is 3.37. The van der Waals surface area contributed by atoms with Crippen LogP contribution in [0.4, 0.5) is 0 Å². The maximum absolute atomic E-state index is 12.0. The van der Waals surface area contributed by atoms with Crippen molar-refractivity contribution in [2.45, 2.75) is 39.2 Å². The van der Waals surface area contributed by atoms with E-state index in [1.54, 1.807) is 0 Å². The molecule has 0 saturated heterocycles. The van der Waals surface area contributed by atoms with Crippen LogP contribution in [0.1, 0.15) is 43.9 Å². The standard InChI is InChI=1S/C15H25NO2S/c1-4-6-11-19(17,18)12-15(16-3)14-9-7-13(5-2)8-10-14/h7-10,15-16H,4-6,11-12H2,1-3H3. The quantitative estimate of drug-likeness (QED) is 0.798. The summed E-state index contributed by atoms with van der Waals surface area (Å²) in [6.07, 6.45) is 2.65. The summed E-state index contributed by atoms with van der Waals surface area (Å²) in [5.41, 5.74) is 2.31. The van der Waals surface area contributed by atoms with E-state index in [0.717, 1.165) is 24.8 Å². The molecule has 0 spiro atoms. The smallest absolute Gasteiger partial charge is 0.152 e. The van der Waals surface area contributed by atoms with Crippen LogP contribution in [0, 0.1) is 0 Å². The molecule has 0 aliphatic heterocycles. The van der Waals surface area contributed by atoms with Gasteiger partial charge in [0, 0.05) is 6.04 Å². The molecular weight excluding hydrogens is 258 g/mol. The van der Waals surface area contributed by atoms with E-state index in [1.165, 1.54) is 5.56 Å². The summed E-state index contributed by atoms with van der Waals surface area (Å²) in [6, 6.07) is 8.06. The topological polar surface area (TPSA) is 46.2 Å². The van der Waals surface area contributed by atoms with Crippen LogP contribution in [0.3, 0.4) is 0 Å². The molecule has 1 unspecified atom stereocenters. The Kier molecular flexibility index (Phi) is 6.52. The predicted molar refractivity (Wildman–Crippen MR) is 81.2 cm³/mol. The van der Waals surface area contributed by atoms with Gasteiger partial charge in [-0.3, -0.25) is 0 Å². The molecule has 0 aliphatic rings. The molecule has 0 bridgehead atoms. The number of nitrogens with one attached hydrogen (secondary N) is 1. The van der Waals surface area contributed by atoms with Gasteiger partial charge in [0.15, 0.2) is 9.84 Å². The molecule has 0 radical (unpaired) electrons. The highest BCUT2D eigenvalue weighted by Gasteiger charge is 2.18. The number of benzene rings is 1. The molecule has 19 heavy (non-hydrogen) atoms. The van der Waals surface area contributed by atoms with Crippen molar-refractivity contribution in [2.75, 3.05) is 18.6 Å². The van der Waals surface area contributed by atoms with Gasteiger partial charge in [0.05, 0.1) is 11.5 Å². The zero-order valence-corrected chi connectivity index (χ0v) is 13.0. The number of hydrogen-bond donors (Lipinski definition) is 1. The van der Waals surface area contributed by atoms with Crippen molar-refractivity contribution >= 4 is 9.84 Å². The minimum absolute atomic E-state index is 0.118. The first-order valence-corrected chi connectivity index (χ1v) is 8.81. The lowest BCUT2D eigenvalue weighted by Crippen LogP contribution is -2.26. The van der Waals surface area contributed by atoms with Crippen molar-refractivity contribution in [1.82, 2.24) is 5.32 Å². The molecule has 3 nitrogen and oxygen atoms in total. The summed E-state index contributed by atoms with van der Waals surface area (Å²) < 4.78 is 24.0. The molecule has 1 rings (SSSR count). The first kappa shape index (κ1) is 16.2. The lowest BCUT2D eigenvalue weighted by Gasteiger charge is -2.17. The van der Waals surface area contributed by atoms with E-state index < -0.39 is 9.84 Å². The molecule has 0 saturated carbocycles. The Balaban J connectivity index is 2.77. The first-order chi connectivity index (χ1) is 9.02. The second-order valence-corrected chi connectivity index (χ2v) is 7.13. The van der Waals surface area contributed by atoms with Crippen molar-refractivity contribution in [3.63, 3.8) is 0 Å². The van der Waals surface area contributed by atoms with Crippen LogP contribution < -0.4 is 5.32 Å². The number of unbranched alkanes of at least 4 members (excludes halogenated alkanes) is 1. The normalized spacial score (nSPS) is 13.4. The molecule has 0 aliphatic carbocycles. The monoisotopic (exact) mass is 283 g/mol. The summed E-state index contributed by atoms with van der Waals surface area (Å²) in [5, 5.41) is 3.11. The number of aryl methyl sites for hydroxylation is 1. The molecule has 0 amide bonds. The van der Waals surface area contributed by atoms with E-state index >= 15 is 0 Å². The van der Waals surface area contributed by atoms with Gasteiger partial charge < -0.3 is 5.32 Å². The Labute approximate surface area is 117 Å². The van der Waals surface area contributed by atoms with Gasteiger partial charge in [-0.25, -0.2) is 8.42 Å². The zero-order valence-electron chi connectivity index (χ0n) is 12.1. The maximum Gasteiger partial charge on any atom is 0.152 e. The fraction of sp³-hybridized carbons (Fsp3) is 0.600. The first-order valence-electron chi connectivity index (χ1n) is 6.99. The SMILES string of the molecule is CCCCS(=O)(=O)CC(NC)c1ccc(CC)cc1. The summed E-state index contributed by atoms with van der Waals surface area (Å²) >= 11 is 0. The fourth-order valence-electron chi connectivity index (χ4n) is 2.03. The molecule has 1 atom stereocenters. The predicted octanol–water partition coefficient (Wildman–Crippen LogP) is 2.72. The third kappa shape index (κ3) is 5.33. The third-order valence-corrected chi connectivity index (χ3v) is 5.12. The summed E-state index contributed by atoms with van der Waals surface area (Å²) in [5.74, 6) is 0.462. The Morgan fingerprint density at radius 1 is 1.16 bits per heavy atom. The Morgan fingerprint density at radius 2 is 1.79 bits per heavy atom. The van der Waals surface area contributed by atoms with Gasteiger partial charge >= 0.3 is 0 Å². The molecule has 0 fully saturated rings. The minimum Gasteiger partial charge on any atom is -0.312 e. The van der Waals surface area contributed by atoms with Crippen LogP contribution in [0.5, 0.6) is 0 Å². The molecule has 1 aromatic rings. The number of hydrogen-bond acceptors (Lipinski definition) is 3. The fourth-order valence-corrected chi connectivity index (χ4v) is 3.80. The van der Waals surface area contributed by atoms with Crippen molar-refractivity contribution in [2.24, 2.45) is 0 Å². The Hall–Kier alpha value is -0.870. The van der Waals surface area contributed by atoms with Crippen molar-refractivity contribution < 1.29 is 8.42 Å². The van der Waals surface area contributed by atoms with Crippen molar-refractivity contribution in [3.8, 4) is 0 Å². The average Bonchev–Trinajstić information content (AvgIpc) is 2.43. The van der Waals surface area contributed by atoms with Gasteiger partial charge in [0.2, 0.25) is 0 Å². The highest BCUT2D eigenvalue weighted by molar-refractivity contribution is 7.91. The van der Waals surface area contributed by atoms with E-state index in [-0.39, 0.29) is 17.5 Å². The van der Waals surface area contributed by atoms with E-state index in [0.29, 0.717) is 0 Å². The maximum atomic E-state index is 12.0. The lowest BCUT2D eigenvalue weighted by atomic mass is 10.1. The van der Waals surface area contributed by atoms with Crippen molar-refractivity contribution in [1.29, 1.82) is 0 Å².